The molecule has 0 bridgehead atoms. The Bertz CT molecular complexity index is 128. The van der Waals surface area contributed by atoms with Crippen molar-refractivity contribution in [2.45, 2.75) is 69.0 Å². The van der Waals surface area contributed by atoms with E-state index >= 15 is 0 Å². The van der Waals surface area contributed by atoms with Crippen molar-refractivity contribution in [2.24, 2.45) is 0 Å². The lowest BCUT2D eigenvalue weighted by molar-refractivity contribution is 0.196. The van der Waals surface area contributed by atoms with E-state index in [1.54, 1.807) is 0 Å². The summed E-state index contributed by atoms with van der Waals surface area (Å²) in [4.78, 5) is 0. The van der Waals surface area contributed by atoms with Gasteiger partial charge < -0.3 is 5.11 Å². The zero-order valence-corrected chi connectivity index (χ0v) is 9.65. The molecule has 1 saturated carbocycles. The van der Waals surface area contributed by atoms with Gasteiger partial charge in [0.05, 0.1) is 6.10 Å². The first-order chi connectivity index (χ1) is 6.20. The van der Waals surface area contributed by atoms with Crippen LogP contribution in [-0.2, 0) is 0 Å². The summed E-state index contributed by atoms with van der Waals surface area (Å²) in [6.07, 6.45) is 8.19. The Hall–Kier alpha value is 0.310. The summed E-state index contributed by atoms with van der Waals surface area (Å²) in [5, 5.41) is 10.6. The van der Waals surface area contributed by atoms with Crippen LogP contribution in [-0.4, -0.2) is 21.7 Å². The first-order valence-electron chi connectivity index (χ1n) is 5.53. The van der Waals surface area contributed by atoms with Crippen molar-refractivity contribution in [2.75, 3.05) is 0 Å². The largest absolute Gasteiger partial charge is 0.392 e. The maximum Gasteiger partial charge on any atom is 0.0628 e. The molecule has 1 nitrogen and oxygen atoms in total. The van der Waals surface area contributed by atoms with Gasteiger partial charge in [-0.15, -0.1) is 0 Å². The minimum atomic E-state index is -0.159. The van der Waals surface area contributed by atoms with Crippen LogP contribution in [0, 0.1) is 0 Å². The van der Waals surface area contributed by atoms with E-state index in [0.717, 1.165) is 5.25 Å². The van der Waals surface area contributed by atoms with Crippen molar-refractivity contribution >= 4 is 11.8 Å². The van der Waals surface area contributed by atoms with E-state index in [2.05, 4.69) is 6.92 Å². The van der Waals surface area contributed by atoms with E-state index in [4.69, 9.17) is 0 Å². The Morgan fingerprint density at radius 1 is 1.08 bits per heavy atom. The van der Waals surface area contributed by atoms with Gasteiger partial charge in [0.2, 0.25) is 0 Å². The number of hydrogen-bond donors (Lipinski definition) is 1. The quantitative estimate of drug-likeness (QED) is 0.709. The number of thioether (sulfide) groups is 1. The number of aliphatic hydroxyl groups excluding tert-OH is 1. The maximum atomic E-state index is 9.40. The highest BCUT2D eigenvalue weighted by atomic mass is 32.2. The molecule has 0 saturated heterocycles. The molecule has 13 heavy (non-hydrogen) atoms. The third kappa shape index (κ3) is 4.37. The van der Waals surface area contributed by atoms with Gasteiger partial charge in [0, 0.05) is 10.5 Å². The highest BCUT2D eigenvalue weighted by molar-refractivity contribution is 8.00. The van der Waals surface area contributed by atoms with Gasteiger partial charge in [-0.05, 0) is 19.8 Å². The van der Waals surface area contributed by atoms with Crippen LogP contribution in [0.4, 0.5) is 0 Å². The molecule has 0 spiro atoms. The third-order valence-electron chi connectivity index (χ3n) is 2.89. The third-order valence-corrected chi connectivity index (χ3v) is 4.57. The molecule has 78 valence electrons. The molecule has 1 N–H and O–H groups in total. The summed E-state index contributed by atoms with van der Waals surface area (Å²) in [5.74, 6) is 0. The second kappa shape index (κ2) is 5.92. The van der Waals surface area contributed by atoms with Crippen LogP contribution >= 0.6 is 11.8 Å². The van der Waals surface area contributed by atoms with E-state index in [1.807, 2.05) is 18.7 Å². The monoisotopic (exact) mass is 202 g/mol. The van der Waals surface area contributed by atoms with Gasteiger partial charge in [0.25, 0.3) is 0 Å². The lowest BCUT2D eigenvalue weighted by Gasteiger charge is -2.20. The topological polar surface area (TPSA) is 20.2 Å². The molecule has 2 atom stereocenters. The van der Waals surface area contributed by atoms with Crippen molar-refractivity contribution in [3.8, 4) is 0 Å². The van der Waals surface area contributed by atoms with Gasteiger partial charge in [-0.25, -0.2) is 0 Å². The Morgan fingerprint density at radius 3 is 2.08 bits per heavy atom. The fourth-order valence-corrected chi connectivity index (χ4v) is 3.24. The molecule has 0 aromatic heterocycles. The molecule has 0 amide bonds. The van der Waals surface area contributed by atoms with E-state index in [1.165, 1.54) is 38.5 Å². The minimum Gasteiger partial charge on any atom is -0.392 e. The van der Waals surface area contributed by atoms with Crippen LogP contribution in [0.1, 0.15) is 52.4 Å². The Balaban J connectivity index is 2.25. The van der Waals surface area contributed by atoms with Crippen LogP contribution in [0.5, 0.6) is 0 Å². The van der Waals surface area contributed by atoms with Gasteiger partial charge in [0.1, 0.15) is 0 Å². The number of rotatable bonds is 3. The molecule has 1 rings (SSSR count). The predicted molar refractivity (Wildman–Crippen MR) is 60.2 cm³/mol. The van der Waals surface area contributed by atoms with Gasteiger partial charge in [-0.1, -0.05) is 32.6 Å². The molecular formula is C11H22OS. The second-order valence-corrected chi connectivity index (χ2v) is 5.88. The molecule has 2 heteroatoms. The lowest BCUT2D eigenvalue weighted by atomic mass is 10.2. The summed E-state index contributed by atoms with van der Waals surface area (Å²) in [5.41, 5.74) is 0. The first kappa shape index (κ1) is 11.4. The van der Waals surface area contributed by atoms with Crippen molar-refractivity contribution in [3.63, 3.8) is 0 Å². The van der Waals surface area contributed by atoms with E-state index in [-0.39, 0.29) is 6.10 Å². The van der Waals surface area contributed by atoms with E-state index in [0.29, 0.717) is 5.25 Å². The smallest absolute Gasteiger partial charge is 0.0628 e. The average molecular weight is 202 g/mol. The van der Waals surface area contributed by atoms with Gasteiger partial charge in [-0.2, -0.15) is 11.8 Å². The van der Waals surface area contributed by atoms with E-state index < -0.39 is 0 Å². The van der Waals surface area contributed by atoms with Gasteiger partial charge in [0.15, 0.2) is 0 Å². The Labute approximate surface area is 86.3 Å². The fourth-order valence-electron chi connectivity index (χ4n) is 1.80. The van der Waals surface area contributed by atoms with Crippen LogP contribution in [0.2, 0.25) is 0 Å². The van der Waals surface area contributed by atoms with Gasteiger partial charge >= 0.3 is 0 Å². The maximum absolute atomic E-state index is 9.40. The molecule has 2 unspecified atom stereocenters. The van der Waals surface area contributed by atoms with Crippen molar-refractivity contribution in [1.82, 2.24) is 0 Å². The molecule has 0 heterocycles. The van der Waals surface area contributed by atoms with Crippen LogP contribution in [0.3, 0.4) is 0 Å². The first-order valence-corrected chi connectivity index (χ1v) is 6.48. The normalized spacial score (nSPS) is 25.2. The van der Waals surface area contributed by atoms with Crippen molar-refractivity contribution < 1.29 is 5.11 Å². The summed E-state index contributed by atoms with van der Waals surface area (Å²) in [7, 11) is 0. The fraction of sp³-hybridized carbons (Fsp3) is 1.00. The molecule has 1 aliphatic carbocycles. The molecule has 0 radical (unpaired) electrons. The zero-order valence-electron chi connectivity index (χ0n) is 8.83. The Morgan fingerprint density at radius 2 is 1.62 bits per heavy atom. The predicted octanol–water partition coefficient (Wildman–Crippen LogP) is 3.21. The zero-order chi connectivity index (χ0) is 9.68. The molecule has 0 aromatic carbocycles. The SMILES string of the molecule is CC(O)C(C)SC1CCCCCC1. The molecule has 1 fully saturated rings. The van der Waals surface area contributed by atoms with Crippen LogP contribution in [0.25, 0.3) is 0 Å². The number of hydrogen-bond acceptors (Lipinski definition) is 2. The molecule has 0 aromatic rings. The lowest BCUT2D eigenvalue weighted by Crippen LogP contribution is -2.19. The molecule has 0 aliphatic heterocycles. The summed E-state index contributed by atoms with van der Waals surface area (Å²) in [6.45, 7) is 4.04. The number of aliphatic hydroxyl groups is 1. The van der Waals surface area contributed by atoms with Crippen LogP contribution < -0.4 is 0 Å². The molecule has 1 aliphatic rings. The highest BCUT2D eigenvalue weighted by Gasteiger charge is 2.18. The standard InChI is InChI=1S/C11H22OS/c1-9(12)10(2)13-11-7-5-3-4-6-8-11/h9-12H,3-8H2,1-2H3. The second-order valence-electron chi connectivity index (χ2n) is 4.20. The molecular weight excluding hydrogens is 180 g/mol. The summed E-state index contributed by atoms with van der Waals surface area (Å²) in [6, 6.07) is 0. The Kier molecular flexibility index (Phi) is 5.18. The van der Waals surface area contributed by atoms with Crippen LogP contribution in [0.15, 0.2) is 0 Å². The summed E-state index contributed by atoms with van der Waals surface area (Å²) < 4.78 is 0. The van der Waals surface area contributed by atoms with E-state index in [9.17, 15) is 5.11 Å². The highest BCUT2D eigenvalue weighted by Crippen LogP contribution is 2.31. The van der Waals surface area contributed by atoms with Gasteiger partial charge in [-0.3, -0.25) is 0 Å². The van der Waals surface area contributed by atoms with Crippen molar-refractivity contribution in [1.29, 1.82) is 0 Å². The van der Waals surface area contributed by atoms with Crippen molar-refractivity contribution in [3.05, 3.63) is 0 Å². The summed E-state index contributed by atoms with van der Waals surface area (Å²) >= 11 is 1.99. The minimum absolute atomic E-state index is 0.159. The average Bonchev–Trinajstić information content (AvgIpc) is 2.32.